The van der Waals surface area contributed by atoms with Gasteiger partial charge in [0, 0.05) is 35.4 Å². The first-order valence-corrected chi connectivity index (χ1v) is 9.48. The summed E-state index contributed by atoms with van der Waals surface area (Å²) in [5.74, 6) is -2.55. The number of amides is 3. The van der Waals surface area contributed by atoms with Gasteiger partial charge in [0.05, 0.1) is 11.4 Å². The minimum absolute atomic E-state index is 0.121. The third-order valence-corrected chi connectivity index (χ3v) is 5.11. The molecule has 2 aromatic carbocycles. The van der Waals surface area contributed by atoms with Crippen LogP contribution in [0.15, 0.2) is 47.8 Å². The van der Waals surface area contributed by atoms with Crippen molar-refractivity contribution in [1.82, 2.24) is 4.98 Å². The van der Waals surface area contributed by atoms with Crippen LogP contribution in [0, 0.1) is 11.6 Å². The van der Waals surface area contributed by atoms with Gasteiger partial charge in [0.15, 0.2) is 5.13 Å². The standard InChI is InChI=1S/C20H13F2N3O3S/c21-12-4-5-14(15(22)9-12)16-10-29-20(23-16)24-19(28)11-2-1-3-13(8-11)25-17(26)6-7-18(25)27/h1-5,8-10H,6-7H2,(H,23,24,28). The highest BCUT2D eigenvalue weighted by Gasteiger charge is 2.30. The SMILES string of the molecule is O=C(Nc1nc(-c2ccc(F)cc2F)cs1)c1cccc(N2C(=O)CCC2=O)c1. The highest BCUT2D eigenvalue weighted by molar-refractivity contribution is 7.14. The average molecular weight is 413 g/mol. The highest BCUT2D eigenvalue weighted by Crippen LogP contribution is 2.28. The molecule has 0 radical (unpaired) electrons. The van der Waals surface area contributed by atoms with Crippen molar-refractivity contribution in [2.75, 3.05) is 10.2 Å². The molecule has 3 amide bonds. The van der Waals surface area contributed by atoms with Crippen LogP contribution in [0.5, 0.6) is 0 Å². The molecule has 3 aromatic rings. The van der Waals surface area contributed by atoms with Crippen molar-refractivity contribution in [2.45, 2.75) is 12.8 Å². The normalized spacial score (nSPS) is 13.8. The van der Waals surface area contributed by atoms with E-state index in [0.29, 0.717) is 5.69 Å². The monoisotopic (exact) mass is 413 g/mol. The van der Waals surface area contributed by atoms with Crippen molar-refractivity contribution in [2.24, 2.45) is 0 Å². The molecule has 0 unspecified atom stereocenters. The number of nitrogens with one attached hydrogen (secondary N) is 1. The number of hydrogen-bond acceptors (Lipinski definition) is 5. The molecule has 6 nitrogen and oxygen atoms in total. The first-order chi connectivity index (χ1) is 13.9. The molecule has 1 aliphatic heterocycles. The molecule has 1 N–H and O–H groups in total. The fourth-order valence-corrected chi connectivity index (χ4v) is 3.68. The summed E-state index contributed by atoms with van der Waals surface area (Å²) in [5.41, 5.74) is 0.957. The van der Waals surface area contributed by atoms with Crippen LogP contribution in [0.1, 0.15) is 23.2 Å². The van der Waals surface area contributed by atoms with Crippen LogP contribution in [0.2, 0.25) is 0 Å². The van der Waals surface area contributed by atoms with E-state index in [1.807, 2.05) is 0 Å². The van der Waals surface area contributed by atoms with Crippen molar-refractivity contribution in [3.63, 3.8) is 0 Å². The Morgan fingerprint density at radius 2 is 1.83 bits per heavy atom. The number of carbonyl (C=O) groups excluding carboxylic acids is 3. The zero-order valence-corrected chi connectivity index (χ0v) is 15.6. The summed E-state index contributed by atoms with van der Waals surface area (Å²) in [6, 6.07) is 9.31. The fraction of sp³-hybridized carbons (Fsp3) is 0.100. The molecule has 29 heavy (non-hydrogen) atoms. The maximum Gasteiger partial charge on any atom is 0.257 e. The predicted octanol–water partition coefficient (Wildman–Crippen LogP) is 3.99. The van der Waals surface area contributed by atoms with Crippen molar-refractivity contribution < 1.29 is 23.2 Å². The number of thiazole rings is 1. The number of nitrogens with zero attached hydrogens (tertiary/aromatic N) is 2. The summed E-state index contributed by atoms with van der Waals surface area (Å²) in [5, 5.41) is 4.38. The maximum atomic E-state index is 13.9. The zero-order chi connectivity index (χ0) is 20.5. The molecule has 1 fully saturated rings. The Morgan fingerprint density at radius 1 is 1.07 bits per heavy atom. The number of carbonyl (C=O) groups is 3. The Labute approximate surface area is 167 Å². The number of aromatic nitrogens is 1. The summed E-state index contributed by atoms with van der Waals surface area (Å²) in [7, 11) is 0. The van der Waals surface area contributed by atoms with Gasteiger partial charge in [-0.3, -0.25) is 24.6 Å². The molecular formula is C20H13F2N3O3S. The molecule has 1 aliphatic rings. The smallest absolute Gasteiger partial charge is 0.257 e. The highest BCUT2D eigenvalue weighted by atomic mass is 32.1. The van der Waals surface area contributed by atoms with Gasteiger partial charge in [-0.05, 0) is 30.3 Å². The predicted molar refractivity (Wildman–Crippen MR) is 104 cm³/mol. The molecule has 0 spiro atoms. The van der Waals surface area contributed by atoms with Gasteiger partial charge in [-0.1, -0.05) is 6.07 Å². The number of hydrogen-bond donors (Lipinski definition) is 1. The first-order valence-electron chi connectivity index (χ1n) is 8.60. The van der Waals surface area contributed by atoms with E-state index in [4.69, 9.17) is 0 Å². The molecule has 0 atom stereocenters. The summed E-state index contributed by atoms with van der Waals surface area (Å²) in [6.45, 7) is 0. The molecule has 146 valence electrons. The second kappa shape index (κ2) is 7.51. The molecule has 0 bridgehead atoms. The second-order valence-electron chi connectivity index (χ2n) is 6.29. The second-order valence-corrected chi connectivity index (χ2v) is 7.15. The molecule has 2 heterocycles. The third kappa shape index (κ3) is 3.77. The Hall–Kier alpha value is -3.46. The van der Waals surface area contributed by atoms with Gasteiger partial charge >= 0.3 is 0 Å². The molecule has 1 saturated heterocycles. The van der Waals surface area contributed by atoms with Crippen LogP contribution in [-0.4, -0.2) is 22.7 Å². The van der Waals surface area contributed by atoms with E-state index in [0.717, 1.165) is 28.4 Å². The molecule has 9 heteroatoms. The van der Waals surface area contributed by atoms with Crippen molar-refractivity contribution >= 4 is 39.9 Å². The third-order valence-electron chi connectivity index (χ3n) is 4.35. The minimum Gasteiger partial charge on any atom is -0.298 e. The van der Waals surface area contributed by atoms with E-state index in [1.54, 1.807) is 17.5 Å². The van der Waals surface area contributed by atoms with Crippen molar-refractivity contribution in [3.8, 4) is 11.3 Å². The Bertz CT molecular complexity index is 1130. The lowest BCUT2D eigenvalue weighted by molar-refractivity contribution is -0.121. The first kappa shape index (κ1) is 18.9. The van der Waals surface area contributed by atoms with Crippen LogP contribution in [0.4, 0.5) is 19.6 Å². The molecular weight excluding hydrogens is 400 g/mol. The number of benzene rings is 2. The van der Waals surface area contributed by atoms with Crippen LogP contribution in [0.3, 0.4) is 0 Å². The van der Waals surface area contributed by atoms with E-state index in [1.165, 1.54) is 18.2 Å². The Morgan fingerprint density at radius 3 is 2.55 bits per heavy atom. The summed E-state index contributed by atoms with van der Waals surface area (Å²) in [4.78, 5) is 41.5. The van der Waals surface area contributed by atoms with Crippen LogP contribution in [0.25, 0.3) is 11.3 Å². The van der Waals surface area contributed by atoms with E-state index >= 15 is 0 Å². The van der Waals surface area contributed by atoms with Crippen molar-refractivity contribution in [3.05, 3.63) is 65.0 Å². The fourth-order valence-electron chi connectivity index (χ4n) is 2.97. The quantitative estimate of drug-likeness (QED) is 0.656. The molecule has 1 aromatic heterocycles. The van der Waals surface area contributed by atoms with Crippen LogP contribution in [-0.2, 0) is 9.59 Å². The summed E-state index contributed by atoms with van der Waals surface area (Å²) in [6.07, 6.45) is 0.300. The lowest BCUT2D eigenvalue weighted by atomic mass is 10.1. The van der Waals surface area contributed by atoms with Crippen molar-refractivity contribution in [1.29, 1.82) is 0 Å². The maximum absolute atomic E-state index is 13.9. The summed E-state index contributed by atoms with van der Waals surface area (Å²) >= 11 is 1.09. The van der Waals surface area contributed by atoms with Gasteiger partial charge < -0.3 is 0 Å². The van der Waals surface area contributed by atoms with E-state index in [-0.39, 0.29) is 46.6 Å². The number of imide groups is 1. The number of anilines is 2. The van der Waals surface area contributed by atoms with E-state index in [2.05, 4.69) is 10.3 Å². The largest absolute Gasteiger partial charge is 0.298 e. The Kier molecular flexibility index (Phi) is 4.89. The van der Waals surface area contributed by atoms with Gasteiger partial charge in [-0.2, -0.15) is 0 Å². The number of rotatable bonds is 4. The number of halogens is 2. The van der Waals surface area contributed by atoms with Crippen LogP contribution < -0.4 is 10.2 Å². The zero-order valence-electron chi connectivity index (χ0n) is 14.8. The van der Waals surface area contributed by atoms with E-state index < -0.39 is 17.5 Å². The molecule has 4 rings (SSSR count). The average Bonchev–Trinajstić information content (AvgIpc) is 3.28. The van der Waals surface area contributed by atoms with Crippen LogP contribution >= 0.6 is 11.3 Å². The molecule has 0 aliphatic carbocycles. The topological polar surface area (TPSA) is 79.4 Å². The summed E-state index contributed by atoms with van der Waals surface area (Å²) < 4.78 is 27.0. The lowest BCUT2D eigenvalue weighted by Crippen LogP contribution is -2.28. The minimum atomic E-state index is -0.749. The van der Waals surface area contributed by atoms with Gasteiger partial charge in [-0.15, -0.1) is 11.3 Å². The van der Waals surface area contributed by atoms with E-state index in [9.17, 15) is 23.2 Å². The Balaban J connectivity index is 1.53. The molecule has 0 saturated carbocycles. The lowest BCUT2D eigenvalue weighted by Gasteiger charge is -2.14. The van der Waals surface area contributed by atoms with Gasteiger partial charge in [0.25, 0.3) is 5.91 Å². The van der Waals surface area contributed by atoms with Gasteiger partial charge in [0.2, 0.25) is 11.8 Å². The van der Waals surface area contributed by atoms with Gasteiger partial charge in [-0.25, -0.2) is 13.8 Å². The van der Waals surface area contributed by atoms with Gasteiger partial charge in [0.1, 0.15) is 11.6 Å².